The molecule has 166 valence electrons. The summed E-state index contributed by atoms with van der Waals surface area (Å²) in [5.41, 5.74) is 1.35. The first-order chi connectivity index (χ1) is 15.1. The summed E-state index contributed by atoms with van der Waals surface area (Å²) in [4.78, 5) is 37.6. The van der Waals surface area contributed by atoms with Gasteiger partial charge >= 0.3 is 0 Å². The molecular weight excluding hydrogens is 394 g/mol. The van der Waals surface area contributed by atoms with Crippen molar-refractivity contribution in [1.82, 2.24) is 25.1 Å². The van der Waals surface area contributed by atoms with Crippen molar-refractivity contribution in [2.45, 2.75) is 25.8 Å². The molecule has 3 rings (SSSR count). The van der Waals surface area contributed by atoms with Crippen molar-refractivity contribution in [2.24, 2.45) is 0 Å². The molecule has 0 bridgehead atoms. The van der Waals surface area contributed by atoms with Crippen LogP contribution in [0.3, 0.4) is 0 Å². The Labute approximate surface area is 183 Å². The maximum absolute atomic E-state index is 12.9. The van der Waals surface area contributed by atoms with E-state index in [0.29, 0.717) is 18.8 Å². The fourth-order valence-corrected chi connectivity index (χ4v) is 3.57. The largest absolute Gasteiger partial charge is 0.379 e. The van der Waals surface area contributed by atoms with Gasteiger partial charge in [0.05, 0.1) is 25.5 Å². The van der Waals surface area contributed by atoms with Gasteiger partial charge < -0.3 is 15.0 Å². The summed E-state index contributed by atoms with van der Waals surface area (Å²) in [5.74, 6) is -0.277. The Hall–Kier alpha value is -2.84. The Morgan fingerprint density at radius 1 is 1.16 bits per heavy atom. The molecule has 2 aromatic rings. The average molecular weight is 426 g/mol. The minimum Gasteiger partial charge on any atom is -0.379 e. The van der Waals surface area contributed by atoms with E-state index in [1.165, 1.54) is 18.6 Å². The molecule has 1 saturated heterocycles. The Balaban J connectivity index is 1.53. The number of amides is 2. The predicted molar refractivity (Wildman–Crippen MR) is 117 cm³/mol. The van der Waals surface area contributed by atoms with Gasteiger partial charge in [-0.3, -0.25) is 19.5 Å². The molecule has 2 heterocycles. The van der Waals surface area contributed by atoms with E-state index in [9.17, 15) is 9.59 Å². The molecule has 1 aliphatic heterocycles. The van der Waals surface area contributed by atoms with Crippen LogP contribution in [-0.4, -0.2) is 77.5 Å². The number of benzene rings is 1. The zero-order valence-corrected chi connectivity index (χ0v) is 18.1. The van der Waals surface area contributed by atoms with Crippen LogP contribution in [0.2, 0.25) is 0 Å². The molecular formula is C23H31N5O3. The van der Waals surface area contributed by atoms with Crippen LogP contribution in [0.1, 0.15) is 41.9 Å². The fourth-order valence-electron chi connectivity index (χ4n) is 3.57. The van der Waals surface area contributed by atoms with Crippen LogP contribution in [0.4, 0.5) is 0 Å². The number of ether oxygens (including phenoxy) is 1. The van der Waals surface area contributed by atoms with Crippen LogP contribution in [0.25, 0.3) is 0 Å². The molecule has 8 heteroatoms. The number of carbonyl (C=O) groups is 2. The predicted octanol–water partition coefficient (Wildman–Crippen LogP) is 1.91. The molecule has 2 amide bonds. The number of nitrogens with zero attached hydrogens (tertiary/aromatic N) is 4. The minimum absolute atomic E-state index is 0.0820. The van der Waals surface area contributed by atoms with Gasteiger partial charge in [0.25, 0.3) is 5.91 Å². The van der Waals surface area contributed by atoms with E-state index in [-0.39, 0.29) is 24.3 Å². The van der Waals surface area contributed by atoms with Crippen molar-refractivity contribution in [3.8, 4) is 0 Å². The Morgan fingerprint density at radius 2 is 1.94 bits per heavy atom. The lowest BCUT2D eigenvalue weighted by molar-refractivity contribution is -0.121. The standard InChI is InChI=1S/C23H31N5O3/c1-19(20-6-3-2-4-7-20)26-22(29)8-13-28(23(30)21-18-24-9-10-25-21)12-5-11-27-14-16-31-17-15-27/h2-4,6-7,9-10,18-19H,5,8,11-17H2,1H3,(H,26,29). The molecule has 0 radical (unpaired) electrons. The quantitative estimate of drug-likeness (QED) is 0.626. The van der Waals surface area contributed by atoms with Crippen molar-refractivity contribution < 1.29 is 14.3 Å². The number of hydrogen-bond donors (Lipinski definition) is 1. The maximum atomic E-state index is 12.9. The highest BCUT2D eigenvalue weighted by atomic mass is 16.5. The van der Waals surface area contributed by atoms with Gasteiger partial charge in [-0.05, 0) is 18.9 Å². The second-order valence-electron chi connectivity index (χ2n) is 7.64. The number of rotatable bonds is 10. The topological polar surface area (TPSA) is 87.7 Å². The summed E-state index contributed by atoms with van der Waals surface area (Å²) < 4.78 is 5.39. The molecule has 1 aromatic heterocycles. The number of carbonyl (C=O) groups excluding carboxylic acids is 2. The Morgan fingerprint density at radius 3 is 2.65 bits per heavy atom. The van der Waals surface area contributed by atoms with E-state index in [4.69, 9.17) is 4.74 Å². The van der Waals surface area contributed by atoms with E-state index < -0.39 is 0 Å². The van der Waals surface area contributed by atoms with E-state index >= 15 is 0 Å². The highest BCUT2D eigenvalue weighted by molar-refractivity contribution is 5.92. The molecule has 0 spiro atoms. The molecule has 1 N–H and O–H groups in total. The van der Waals surface area contributed by atoms with Crippen molar-refractivity contribution >= 4 is 11.8 Å². The van der Waals surface area contributed by atoms with Gasteiger partial charge in [0.2, 0.25) is 5.91 Å². The van der Waals surface area contributed by atoms with Crippen molar-refractivity contribution in [1.29, 1.82) is 0 Å². The van der Waals surface area contributed by atoms with Gasteiger partial charge in [-0.2, -0.15) is 0 Å². The highest BCUT2D eigenvalue weighted by Crippen LogP contribution is 2.11. The Kier molecular flexibility index (Phi) is 8.93. The Bertz CT molecular complexity index is 812. The van der Waals surface area contributed by atoms with E-state index in [1.807, 2.05) is 37.3 Å². The van der Waals surface area contributed by atoms with Crippen molar-refractivity contribution in [3.05, 3.63) is 60.2 Å². The van der Waals surface area contributed by atoms with Gasteiger partial charge in [-0.15, -0.1) is 0 Å². The molecule has 1 unspecified atom stereocenters. The third-order valence-electron chi connectivity index (χ3n) is 5.36. The summed E-state index contributed by atoms with van der Waals surface area (Å²) in [5, 5.41) is 3.01. The van der Waals surface area contributed by atoms with Gasteiger partial charge in [-0.1, -0.05) is 30.3 Å². The summed E-state index contributed by atoms with van der Waals surface area (Å²) >= 11 is 0. The number of morpholine rings is 1. The first-order valence-corrected chi connectivity index (χ1v) is 10.8. The van der Waals surface area contributed by atoms with Gasteiger partial charge in [-0.25, -0.2) is 4.98 Å². The maximum Gasteiger partial charge on any atom is 0.274 e. The van der Waals surface area contributed by atoms with Crippen LogP contribution in [0, 0.1) is 0 Å². The smallest absolute Gasteiger partial charge is 0.274 e. The number of hydrogen-bond acceptors (Lipinski definition) is 6. The molecule has 1 fully saturated rings. The molecule has 0 aliphatic carbocycles. The lowest BCUT2D eigenvalue weighted by Gasteiger charge is -2.28. The zero-order valence-electron chi connectivity index (χ0n) is 18.1. The van der Waals surface area contributed by atoms with Gasteiger partial charge in [0, 0.05) is 51.5 Å². The SMILES string of the molecule is CC(NC(=O)CCN(CCCN1CCOCC1)C(=O)c1cnccn1)c1ccccc1. The zero-order chi connectivity index (χ0) is 21.9. The van der Waals surface area contributed by atoms with Crippen LogP contribution in [-0.2, 0) is 9.53 Å². The second-order valence-corrected chi connectivity index (χ2v) is 7.64. The lowest BCUT2D eigenvalue weighted by atomic mass is 10.1. The van der Waals surface area contributed by atoms with Crippen LogP contribution in [0.5, 0.6) is 0 Å². The van der Waals surface area contributed by atoms with Crippen LogP contribution in [0.15, 0.2) is 48.9 Å². The summed E-state index contributed by atoms with van der Waals surface area (Å²) in [6.07, 6.45) is 5.58. The number of nitrogens with one attached hydrogen (secondary N) is 1. The lowest BCUT2D eigenvalue weighted by Crippen LogP contribution is -2.40. The third kappa shape index (κ3) is 7.41. The summed E-state index contributed by atoms with van der Waals surface area (Å²) in [6, 6.07) is 9.74. The monoisotopic (exact) mass is 425 g/mol. The van der Waals surface area contributed by atoms with E-state index in [1.54, 1.807) is 4.90 Å². The van der Waals surface area contributed by atoms with Crippen molar-refractivity contribution in [3.63, 3.8) is 0 Å². The first kappa shape index (κ1) is 22.8. The van der Waals surface area contributed by atoms with Gasteiger partial charge in [0.15, 0.2) is 0 Å². The van der Waals surface area contributed by atoms with Crippen LogP contribution >= 0.6 is 0 Å². The highest BCUT2D eigenvalue weighted by Gasteiger charge is 2.19. The molecule has 1 atom stereocenters. The normalized spacial score (nSPS) is 15.3. The first-order valence-electron chi connectivity index (χ1n) is 10.8. The van der Waals surface area contributed by atoms with E-state index in [0.717, 1.165) is 44.8 Å². The molecule has 0 saturated carbocycles. The second kappa shape index (κ2) is 12.1. The molecule has 8 nitrogen and oxygen atoms in total. The third-order valence-corrected chi connectivity index (χ3v) is 5.36. The molecule has 1 aliphatic rings. The number of aromatic nitrogens is 2. The summed E-state index contributed by atoms with van der Waals surface area (Å²) in [7, 11) is 0. The van der Waals surface area contributed by atoms with Crippen LogP contribution < -0.4 is 5.32 Å². The minimum atomic E-state index is -0.195. The van der Waals surface area contributed by atoms with Gasteiger partial charge in [0.1, 0.15) is 5.69 Å². The van der Waals surface area contributed by atoms with E-state index in [2.05, 4.69) is 20.2 Å². The van der Waals surface area contributed by atoms with Crippen molar-refractivity contribution in [2.75, 3.05) is 45.9 Å². The average Bonchev–Trinajstić information content (AvgIpc) is 2.82. The summed E-state index contributed by atoms with van der Waals surface area (Å²) in [6.45, 7) is 7.09. The fraction of sp³-hybridized carbons (Fsp3) is 0.478. The molecule has 31 heavy (non-hydrogen) atoms. The molecule has 1 aromatic carbocycles.